The number of nitrogens with one attached hydrogen (secondary N) is 1. The van der Waals surface area contributed by atoms with Crippen molar-refractivity contribution in [1.29, 1.82) is 5.26 Å². The fraction of sp³-hybridized carbons (Fsp3) is 0.120. The van der Waals surface area contributed by atoms with Gasteiger partial charge in [0, 0.05) is 5.69 Å². The van der Waals surface area contributed by atoms with E-state index in [0.717, 1.165) is 0 Å². The number of benzene rings is 3. The Kier molecular flexibility index (Phi) is 7.90. The van der Waals surface area contributed by atoms with Crippen LogP contribution in [0.5, 0.6) is 17.2 Å². The highest BCUT2D eigenvalue weighted by Gasteiger charge is 2.15. The molecule has 0 fully saturated rings. The number of phenolic OH excluding ortho intramolecular Hbond substituents is 1. The number of rotatable bonds is 8. The minimum absolute atomic E-state index is 0.0573. The van der Waals surface area contributed by atoms with E-state index in [1.165, 1.54) is 48.5 Å². The average molecular weight is 467 g/mol. The van der Waals surface area contributed by atoms with E-state index in [1.807, 2.05) is 6.07 Å². The Hall–Kier alpha value is -4.02. The van der Waals surface area contributed by atoms with Crippen molar-refractivity contribution in [3.05, 3.63) is 88.2 Å². The number of nitrogens with zero attached hydrogens (tertiary/aromatic N) is 1. The second kappa shape index (κ2) is 11.0. The van der Waals surface area contributed by atoms with Gasteiger partial charge in [-0.25, -0.2) is 4.39 Å². The van der Waals surface area contributed by atoms with Crippen LogP contribution in [0.3, 0.4) is 0 Å². The minimum atomic E-state index is -0.622. The zero-order valence-electron chi connectivity index (χ0n) is 17.6. The van der Waals surface area contributed by atoms with Gasteiger partial charge >= 0.3 is 0 Å². The quantitative estimate of drug-likeness (QED) is 0.252. The van der Waals surface area contributed by atoms with Crippen molar-refractivity contribution >= 4 is 29.3 Å². The molecule has 0 heterocycles. The van der Waals surface area contributed by atoms with E-state index >= 15 is 0 Å². The van der Waals surface area contributed by atoms with Crippen LogP contribution in [0.2, 0.25) is 5.02 Å². The lowest BCUT2D eigenvalue weighted by Gasteiger charge is -2.15. The Balaban J connectivity index is 1.84. The number of aromatic hydroxyl groups is 1. The molecule has 0 saturated heterocycles. The summed E-state index contributed by atoms with van der Waals surface area (Å²) in [5, 5.41) is 21.6. The molecule has 168 valence electrons. The molecule has 1 amide bonds. The van der Waals surface area contributed by atoms with Crippen molar-refractivity contribution in [3.8, 4) is 23.3 Å². The van der Waals surface area contributed by atoms with E-state index in [-0.39, 0.29) is 34.5 Å². The Morgan fingerprint density at radius 1 is 1.18 bits per heavy atom. The van der Waals surface area contributed by atoms with Crippen LogP contribution in [0.4, 0.5) is 10.1 Å². The molecule has 33 heavy (non-hydrogen) atoms. The summed E-state index contributed by atoms with van der Waals surface area (Å²) in [6.07, 6.45) is 1.38. The Bertz CT molecular complexity index is 1220. The molecule has 0 radical (unpaired) electrons. The minimum Gasteiger partial charge on any atom is -0.508 e. The van der Waals surface area contributed by atoms with Crippen molar-refractivity contribution in [1.82, 2.24) is 0 Å². The number of ether oxygens (including phenoxy) is 2. The van der Waals surface area contributed by atoms with Crippen molar-refractivity contribution in [2.75, 3.05) is 11.9 Å². The fourth-order valence-electron chi connectivity index (χ4n) is 2.91. The maximum absolute atomic E-state index is 13.4. The number of amides is 1. The average Bonchev–Trinajstić information content (AvgIpc) is 2.78. The summed E-state index contributed by atoms with van der Waals surface area (Å²) >= 11 is 6.40. The van der Waals surface area contributed by atoms with Gasteiger partial charge in [-0.3, -0.25) is 4.79 Å². The van der Waals surface area contributed by atoms with Gasteiger partial charge in [-0.1, -0.05) is 23.7 Å². The third-order valence-corrected chi connectivity index (χ3v) is 4.69. The predicted octanol–water partition coefficient (Wildman–Crippen LogP) is 5.71. The van der Waals surface area contributed by atoms with E-state index in [0.29, 0.717) is 29.2 Å². The summed E-state index contributed by atoms with van der Waals surface area (Å²) in [7, 11) is 0. The highest BCUT2D eigenvalue weighted by atomic mass is 35.5. The van der Waals surface area contributed by atoms with E-state index in [9.17, 15) is 19.6 Å². The van der Waals surface area contributed by atoms with E-state index in [1.54, 1.807) is 25.1 Å². The number of hydrogen-bond donors (Lipinski definition) is 2. The molecule has 0 aliphatic carbocycles. The van der Waals surface area contributed by atoms with Crippen LogP contribution in [0.15, 0.2) is 66.2 Å². The Labute approximate surface area is 195 Å². The predicted molar refractivity (Wildman–Crippen MR) is 124 cm³/mol. The van der Waals surface area contributed by atoms with Gasteiger partial charge < -0.3 is 19.9 Å². The largest absolute Gasteiger partial charge is 0.508 e. The highest BCUT2D eigenvalue weighted by Crippen LogP contribution is 2.38. The van der Waals surface area contributed by atoms with E-state index < -0.39 is 5.91 Å². The van der Waals surface area contributed by atoms with Crippen molar-refractivity contribution in [2.24, 2.45) is 0 Å². The first-order chi connectivity index (χ1) is 15.9. The lowest BCUT2D eigenvalue weighted by atomic mass is 10.1. The standard InChI is InChI=1S/C25H20ClFN2O4/c1-2-32-23-13-17(10-18(14-28)25(31)29-20-6-8-21(30)9-7-20)12-22(26)24(23)33-15-16-4-3-5-19(27)11-16/h3-13,30H,2,15H2,1H3,(H,29,31)/b18-10+. The molecule has 8 heteroatoms. The van der Waals surface area contributed by atoms with Crippen LogP contribution in [0, 0.1) is 17.1 Å². The summed E-state index contributed by atoms with van der Waals surface area (Å²) in [5.41, 5.74) is 1.34. The Morgan fingerprint density at radius 2 is 1.94 bits per heavy atom. The number of carbonyl (C=O) groups is 1. The smallest absolute Gasteiger partial charge is 0.266 e. The second-order valence-corrected chi connectivity index (χ2v) is 7.26. The summed E-state index contributed by atoms with van der Waals surface area (Å²) in [5.74, 6) is -0.344. The monoisotopic (exact) mass is 466 g/mol. The maximum Gasteiger partial charge on any atom is 0.266 e. The number of anilines is 1. The van der Waals surface area contributed by atoms with Crippen molar-refractivity contribution in [2.45, 2.75) is 13.5 Å². The van der Waals surface area contributed by atoms with Gasteiger partial charge in [0.1, 0.15) is 29.8 Å². The van der Waals surface area contributed by atoms with Crippen LogP contribution in [-0.4, -0.2) is 17.6 Å². The van der Waals surface area contributed by atoms with E-state index in [2.05, 4.69) is 5.32 Å². The summed E-state index contributed by atoms with van der Waals surface area (Å²) < 4.78 is 24.8. The molecule has 0 unspecified atom stereocenters. The first kappa shape index (κ1) is 23.6. The lowest BCUT2D eigenvalue weighted by Crippen LogP contribution is -2.13. The molecule has 6 nitrogen and oxygen atoms in total. The van der Waals surface area contributed by atoms with Gasteiger partial charge in [-0.2, -0.15) is 5.26 Å². The van der Waals surface area contributed by atoms with E-state index in [4.69, 9.17) is 21.1 Å². The van der Waals surface area contributed by atoms with Crippen LogP contribution in [0.25, 0.3) is 6.08 Å². The molecule has 3 aromatic rings. The molecule has 3 rings (SSSR count). The molecular formula is C25H20ClFN2O4. The topological polar surface area (TPSA) is 91.6 Å². The zero-order valence-corrected chi connectivity index (χ0v) is 18.4. The fourth-order valence-corrected chi connectivity index (χ4v) is 3.19. The number of nitriles is 1. The SMILES string of the molecule is CCOc1cc(/C=C(\C#N)C(=O)Nc2ccc(O)cc2)cc(Cl)c1OCc1cccc(F)c1. The summed E-state index contributed by atoms with van der Waals surface area (Å²) in [6.45, 7) is 2.19. The maximum atomic E-state index is 13.4. The number of hydrogen-bond acceptors (Lipinski definition) is 5. The van der Waals surface area contributed by atoms with Gasteiger partial charge in [0.2, 0.25) is 0 Å². The normalized spacial score (nSPS) is 10.9. The molecule has 0 aliphatic heterocycles. The molecule has 0 spiro atoms. The first-order valence-electron chi connectivity index (χ1n) is 9.95. The lowest BCUT2D eigenvalue weighted by molar-refractivity contribution is -0.112. The molecule has 0 bridgehead atoms. The number of halogens is 2. The van der Waals surface area contributed by atoms with Crippen LogP contribution in [0.1, 0.15) is 18.1 Å². The second-order valence-electron chi connectivity index (χ2n) is 6.85. The van der Waals surface area contributed by atoms with Crippen molar-refractivity contribution < 1.29 is 23.8 Å². The third-order valence-electron chi connectivity index (χ3n) is 4.41. The highest BCUT2D eigenvalue weighted by molar-refractivity contribution is 6.32. The zero-order chi connectivity index (χ0) is 23.8. The van der Waals surface area contributed by atoms with Gasteiger partial charge in [0.15, 0.2) is 11.5 Å². The van der Waals surface area contributed by atoms with Crippen LogP contribution in [-0.2, 0) is 11.4 Å². The van der Waals surface area contributed by atoms with Gasteiger partial charge in [-0.15, -0.1) is 0 Å². The van der Waals surface area contributed by atoms with Gasteiger partial charge in [0.25, 0.3) is 5.91 Å². The molecule has 0 aromatic heterocycles. The molecule has 0 saturated carbocycles. The Morgan fingerprint density at radius 3 is 2.61 bits per heavy atom. The first-order valence-corrected chi connectivity index (χ1v) is 10.3. The molecule has 2 N–H and O–H groups in total. The van der Waals surface area contributed by atoms with Crippen LogP contribution < -0.4 is 14.8 Å². The third kappa shape index (κ3) is 6.48. The molecule has 0 aliphatic rings. The number of phenols is 1. The van der Waals surface area contributed by atoms with Crippen molar-refractivity contribution in [3.63, 3.8) is 0 Å². The molecular weight excluding hydrogens is 447 g/mol. The molecule has 0 atom stereocenters. The van der Waals surface area contributed by atoms with Crippen LogP contribution >= 0.6 is 11.6 Å². The summed E-state index contributed by atoms with van der Waals surface area (Å²) in [4.78, 5) is 12.5. The van der Waals surface area contributed by atoms with Gasteiger partial charge in [0.05, 0.1) is 11.6 Å². The molecule has 3 aromatic carbocycles. The number of carbonyl (C=O) groups excluding carboxylic acids is 1. The van der Waals surface area contributed by atoms with Gasteiger partial charge in [-0.05, 0) is 72.7 Å². The summed E-state index contributed by atoms with van der Waals surface area (Å²) in [6, 6.07) is 16.9.